The number of ether oxygens (including phenoxy) is 1. The number of aliphatic hydroxyl groups excluding tert-OH is 1. The van der Waals surface area contributed by atoms with E-state index >= 15 is 0 Å². The number of hydrogen-bond donors (Lipinski definition) is 1. The van der Waals surface area contributed by atoms with Gasteiger partial charge >= 0.3 is 5.97 Å². The molecule has 0 aliphatic rings. The maximum Gasteiger partial charge on any atom is 0.337 e. The van der Waals surface area contributed by atoms with E-state index in [4.69, 9.17) is 5.11 Å². The fraction of sp³-hybridized carbons (Fsp3) is 0.182. The number of esters is 1. The summed E-state index contributed by atoms with van der Waals surface area (Å²) in [6.07, 6.45) is 0. The summed E-state index contributed by atoms with van der Waals surface area (Å²) in [4.78, 5) is 11.2. The van der Waals surface area contributed by atoms with Gasteiger partial charge in [0, 0.05) is 10.0 Å². The van der Waals surface area contributed by atoms with Gasteiger partial charge in [-0.1, -0.05) is 11.8 Å². The van der Waals surface area contributed by atoms with E-state index in [1.807, 2.05) is 0 Å². The van der Waals surface area contributed by atoms with Crippen molar-refractivity contribution in [3.8, 4) is 11.8 Å². The van der Waals surface area contributed by atoms with Gasteiger partial charge in [-0.15, -0.1) is 0 Å². The summed E-state index contributed by atoms with van der Waals surface area (Å²) in [6.45, 7) is -0.189. The van der Waals surface area contributed by atoms with Crippen LogP contribution in [0, 0.1) is 11.8 Å². The van der Waals surface area contributed by atoms with Crippen molar-refractivity contribution in [3.63, 3.8) is 0 Å². The summed E-state index contributed by atoms with van der Waals surface area (Å²) in [7, 11) is 1.33. The van der Waals surface area contributed by atoms with Crippen molar-refractivity contribution in [2.24, 2.45) is 0 Å². The molecule has 0 heterocycles. The molecule has 1 N–H and O–H groups in total. The SMILES string of the molecule is COC(=O)c1ccc(C#CCO)c(Br)c1. The van der Waals surface area contributed by atoms with Crippen LogP contribution in [0.4, 0.5) is 0 Å². The van der Waals surface area contributed by atoms with Crippen LogP contribution in [-0.4, -0.2) is 24.8 Å². The van der Waals surface area contributed by atoms with Crippen molar-refractivity contribution in [2.75, 3.05) is 13.7 Å². The zero-order valence-corrected chi connectivity index (χ0v) is 9.67. The summed E-state index contributed by atoms with van der Waals surface area (Å²) in [5.74, 6) is 4.88. The number of carbonyl (C=O) groups is 1. The average molecular weight is 269 g/mol. The Kier molecular flexibility index (Phi) is 4.35. The smallest absolute Gasteiger partial charge is 0.337 e. The highest BCUT2D eigenvalue weighted by atomic mass is 79.9. The molecule has 0 spiro atoms. The van der Waals surface area contributed by atoms with E-state index in [0.717, 1.165) is 5.56 Å². The van der Waals surface area contributed by atoms with Crippen molar-refractivity contribution >= 4 is 21.9 Å². The minimum absolute atomic E-state index is 0.189. The zero-order chi connectivity index (χ0) is 11.3. The molecule has 0 fully saturated rings. The van der Waals surface area contributed by atoms with Crippen LogP contribution >= 0.6 is 15.9 Å². The summed E-state index contributed by atoms with van der Waals surface area (Å²) in [5, 5.41) is 8.54. The second-order valence-electron chi connectivity index (χ2n) is 2.65. The molecule has 1 rings (SSSR count). The second kappa shape index (κ2) is 5.54. The Balaban J connectivity index is 3.03. The van der Waals surface area contributed by atoms with Crippen LogP contribution in [0.25, 0.3) is 0 Å². The normalized spacial score (nSPS) is 9.00. The number of rotatable bonds is 1. The third kappa shape index (κ3) is 3.08. The first-order chi connectivity index (χ1) is 7.19. The Bertz CT molecular complexity index is 429. The van der Waals surface area contributed by atoms with Crippen LogP contribution in [0.1, 0.15) is 15.9 Å². The molecule has 0 radical (unpaired) electrons. The molecule has 0 aliphatic heterocycles. The summed E-state index contributed by atoms with van der Waals surface area (Å²) in [6, 6.07) is 4.95. The van der Waals surface area contributed by atoms with Gasteiger partial charge in [-0.2, -0.15) is 0 Å². The van der Waals surface area contributed by atoms with Gasteiger partial charge in [-0.05, 0) is 34.1 Å². The summed E-state index contributed by atoms with van der Waals surface area (Å²) in [5.41, 5.74) is 1.18. The molecule has 15 heavy (non-hydrogen) atoms. The molecule has 0 bridgehead atoms. The van der Waals surface area contributed by atoms with E-state index in [0.29, 0.717) is 10.0 Å². The quantitative estimate of drug-likeness (QED) is 0.622. The molecule has 0 aromatic heterocycles. The zero-order valence-electron chi connectivity index (χ0n) is 8.08. The molecule has 0 atom stereocenters. The van der Waals surface area contributed by atoms with Crippen LogP contribution in [0.15, 0.2) is 22.7 Å². The van der Waals surface area contributed by atoms with Gasteiger partial charge in [0.1, 0.15) is 6.61 Å². The number of carbonyl (C=O) groups excluding carboxylic acids is 1. The molecule has 0 amide bonds. The van der Waals surface area contributed by atoms with Gasteiger partial charge in [0.15, 0.2) is 0 Å². The Hall–Kier alpha value is -1.31. The molecule has 78 valence electrons. The van der Waals surface area contributed by atoms with Gasteiger partial charge in [0.2, 0.25) is 0 Å². The first kappa shape index (κ1) is 11.8. The number of hydrogen-bond acceptors (Lipinski definition) is 3. The lowest BCUT2D eigenvalue weighted by Crippen LogP contribution is -2.01. The molecular weight excluding hydrogens is 260 g/mol. The van der Waals surface area contributed by atoms with Crippen molar-refractivity contribution in [2.45, 2.75) is 0 Å². The van der Waals surface area contributed by atoms with Crippen molar-refractivity contribution in [1.29, 1.82) is 0 Å². The lowest BCUT2D eigenvalue weighted by atomic mass is 10.1. The van der Waals surface area contributed by atoms with E-state index < -0.39 is 5.97 Å². The van der Waals surface area contributed by atoms with E-state index in [2.05, 4.69) is 32.5 Å². The molecule has 0 saturated carbocycles. The van der Waals surface area contributed by atoms with Crippen LogP contribution < -0.4 is 0 Å². The first-order valence-corrected chi connectivity index (χ1v) is 4.96. The van der Waals surface area contributed by atoms with Crippen LogP contribution in [0.2, 0.25) is 0 Å². The molecule has 0 unspecified atom stereocenters. The fourth-order valence-corrected chi connectivity index (χ4v) is 1.47. The molecule has 0 saturated heterocycles. The Labute approximate surface area is 96.2 Å². The predicted octanol–water partition coefficient (Wildman–Crippen LogP) is 1.58. The fourth-order valence-electron chi connectivity index (χ4n) is 0.996. The Morgan fingerprint density at radius 1 is 1.60 bits per heavy atom. The lowest BCUT2D eigenvalue weighted by Gasteiger charge is -2.01. The maximum atomic E-state index is 11.2. The minimum Gasteiger partial charge on any atom is -0.465 e. The van der Waals surface area contributed by atoms with Crippen molar-refractivity contribution < 1.29 is 14.6 Å². The first-order valence-electron chi connectivity index (χ1n) is 4.16. The highest BCUT2D eigenvalue weighted by Crippen LogP contribution is 2.18. The Morgan fingerprint density at radius 2 is 2.33 bits per heavy atom. The van der Waals surface area contributed by atoms with E-state index in [1.54, 1.807) is 18.2 Å². The number of methoxy groups -OCH3 is 1. The molecule has 0 aliphatic carbocycles. The maximum absolute atomic E-state index is 11.2. The van der Waals surface area contributed by atoms with Gasteiger partial charge in [-0.25, -0.2) is 4.79 Å². The molecule has 4 heteroatoms. The molecule has 1 aromatic rings. The van der Waals surface area contributed by atoms with Gasteiger partial charge in [0.05, 0.1) is 12.7 Å². The van der Waals surface area contributed by atoms with Gasteiger partial charge < -0.3 is 9.84 Å². The lowest BCUT2D eigenvalue weighted by molar-refractivity contribution is 0.0600. The largest absolute Gasteiger partial charge is 0.465 e. The monoisotopic (exact) mass is 268 g/mol. The number of halogens is 1. The highest BCUT2D eigenvalue weighted by molar-refractivity contribution is 9.10. The van der Waals surface area contributed by atoms with Gasteiger partial charge in [-0.3, -0.25) is 0 Å². The third-order valence-electron chi connectivity index (χ3n) is 1.69. The van der Waals surface area contributed by atoms with Gasteiger partial charge in [0.25, 0.3) is 0 Å². The minimum atomic E-state index is -0.391. The highest BCUT2D eigenvalue weighted by Gasteiger charge is 2.06. The predicted molar refractivity (Wildman–Crippen MR) is 59.4 cm³/mol. The average Bonchev–Trinajstić information content (AvgIpc) is 2.26. The number of benzene rings is 1. The molecule has 1 aromatic carbocycles. The van der Waals surface area contributed by atoms with Crippen LogP contribution in [0.3, 0.4) is 0 Å². The van der Waals surface area contributed by atoms with Crippen molar-refractivity contribution in [1.82, 2.24) is 0 Å². The van der Waals surface area contributed by atoms with E-state index in [-0.39, 0.29) is 6.61 Å². The molecular formula is C11H9BrO3. The molecule has 3 nitrogen and oxygen atoms in total. The van der Waals surface area contributed by atoms with E-state index in [9.17, 15) is 4.79 Å². The standard InChI is InChI=1S/C11H9BrO3/c1-15-11(14)9-5-4-8(3-2-6-13)10(12)7-9/h4-5,7,13H,6H2,1H3. The number of aliphatic hydroxyl groups is 1. The van der Waals surface area contributed by atoms with E-state index in [1.165, 1.54) is 7.11 Å². The summed E-state index contributed by atoms with van der Waals surface area (Å²) < 4.78 is 5.28. The van der Waals surface area contributed by atoms with Crippen LogP contribution in [0.5, 0.6) is 0 Å². The van der Waals surface area contributed by atoms with Crippen molar-refractivity contribution in [3.05, 3.63) is 33.8 Å². The summed E-state index contributed by atoms with van der Waals surface area (Å²) >= 11 is 3.28. The van der Waals surface area contributed by atoms with Crippen LogP contribution in [-0.2, 0) is 4.74 Å². The Morgan fingerprint density at radius 3 is 2.87 bits per heavy atom. The second-order valence-corrected chi connectivity index (χ2v) is 3.50. The third-order valence-corrected chi connectivity index (χ3v) is 2.35. The topological polar surface area (TPSA) is 46.5 Å².